The Morgan fingerprint density at radius 3 is 2.79 bits per heavy atom. The fraction of sp³-hybridized carbons (Fsp3) is 0.667. The standard InChI is InChI=1S/C12H19N3OS.2ClH/c1-8(5-13-2)12(16)14-6-11-15-10(7-17-11)9-3-4-9;;/h7-9,13H,3-6H2,1-2H3,(H,14,16);2*1H. The van der Waals surface area contributed by atoms with Crippen LogP contribution in [0.3, 0.4) is 0 Å². The molecule has 0 saturated heterocycles. The van der Waals surface area contributed by atoms with Gasteiger partial charge < -0.3 is 10.6 Å². The van der Waals surface area contributed by atoms with E-state index in [4.69, 9.17) is 0 Å². The van der Waals surface area contributed by atoms with E-state index in [2.05, 4.69) is 21.0 Å². The molecule has 1 aliphatic carbocycles. The average Bonchev–Trinajstić information content (AvgIpc) is 3.06. The lowest BCUT2D eigenvalue weighted by Gasteiger charge is -2.10. The first-order chi connectivity index (χ1) is 8.20. The van der Waals surface area contributed by atoms with E-state index in [0.717, 1.165) is 5.01 Å². The van der Waals surface area contributed by atoms with E-state index in [1.165, 1.54) is 18.5 Å². The maximum atomic E-state index is 11.7. The number of rotatable bonds is 6. The zero-order valence-corrected chi connectivity index (χ0v) is 13.6. The molecule has 1 aromatic rings. The molecule has 2 rings (SSSR count). The fourth-order valence-electron chi connectivity index (χ4n) is 1.71. The molecule has 1 aromatic heterocycles. The number of carbonyl (C=O) groups excluding carboxylic acids is 1. The van der Waals surface area contributed by atoms with Gasteiger partial charge in [0.05, 0.1) is 12.2 Å². The Kier molecular flexibility index (Phi) is 8.57. The van der Waals surface area contributed by atoms with Crippen LogP contribution >= 0.6 is 36.2 Å². The van der Waals surface area contributed by atoms with Crippen LogP contribution in [0.2, 0.25) is 0 Å². The zero-order chi connectivity index (χ0) is 12.3. The van der Waals surface area contributed by atoms with Gasteiger partial charge in [0.15, 0.2) is 0 Å². The minimum absolute atomic E-state index is 0. The maximum Gasteiger partial charge on any atom is 0.224 e. The van der Waals surface area contributed by atoms with Gasteiger partial charge in [0.25, 0.3) is 0 Å². The third kappa shape index (κ3) is 5.65. The van der Waals surface area contributed by atoms with Crippen LogP contribution in [0.4, 0.5) is 0 Å². The van der Waals surface area contributed by atoms with Crippen molar-refractivity contribution in [2.75, 3.05) is 13.6 Å². The van der Waals surface area contributed by atoms with Crippen LogP contribution in [0.1, 0.15) is 36.4 Å². The van der Waals surface area contributed by atoms with Gasteiger partial charge >= 0.3 is 0 Å². The summed E-state index contributed by atoms with van der Waals surface area (Å²) in [4.78, 5) is 16.2. The van der Waals surface area contributed by atoms with E-state index >= 15 is 0 Å². The first-order valence-electron chi connectivity index (χ1n) is 6.07. The van der Waals surface area contributed by atoms with Gasteiger partial charge in [-0.2, -0.15) is 0 Å². The van der Waals surface area contributed by atoms with E-state index in [9.17, 15) is 4.79 Å². The average molecular weight is 326 g/mol. The summed E-state index contributed by atoms with van der Waals surface area (Å²) in [6.07, 6.45) is 2.55. The third-order valence-corrected chi connectivity index (χ3v) is 3.80. The molecule has 0 aromatic carbocycles. The monoisotopic (exact) mass is 325 g/mol. The van der Waals surface area contributed by atoms with Gasteiger partial charge in [0, 0.05) is 23.8 Å². The van der Waals surface area contributed by atoms with Crippen LogP contribution in [-0.4, -0.2) is 24.5 Å². The SMILES string of the molecule is CNCC(C)C(=O)NCc1nc(C2CC2)cs1.Cl.Cl. The molecule has 1 amide bonds. The van der Waals surface area contributed by atoms with Crippen LogP contribution in [0.15, 0.2) is 5.38 Å². The lowest BCUT2D eigenvalue weighted by molar-refractivity contribution is -0.124. The van der Waals surface area contributed by atoms with Gasteiger partial charge in [-0.25, -0.2) is 4.98 Å². The lowest BCUT2D eigenvalue weighted by Crippen LogP contribution is -2.33. The number of hydrogen-bond donors (Lipinski definition) is 2. The third-order valence-electron chi connectivity index (χ3n) is 2.94. The van der Waals surface area contributed by atoms with E-state index < -0.39 is 0 Å². The Morgan fingerprint density at radius 2 is 2.21 bits per heavy atom. The van der Waals surface area contributed by atoms with E-state index in [-0.39, 0.29) is 36.6 Å². The molecule has 1 unspecified atom stereocenters. The van der Waals surface area contributed by atoms with Gasteiger partial charge in [-0.05, 0) is 19.9 Å². The Balaban J connectivity index is 0.00000162. The Labute approximate surface area is 130 Å². The van der Waals surface area contributed by atoms with Crippen molar-refractivity contribution in [3.63, 3.8) is 0 Å². The molecule has 110 valence electrons. The summed E-state index contributed by atoms with van der Waals surface area (Å²) >= 11 is 1.64. The number of thiazole rings is 1. The first kappa shape index (κ1) is 18.6. The van der Waals surface area contributed by atoms with E-state index in [1.54, 1.807) is 11.3 Å². The van der Waals surface area contributed by atoms with Crippen molar-refractivity contribution in [2.45, 2.75) is 32.2 Å². The minimum atomic E-state index is 0. The van der Waals surface area contributed by atoms with Crippen molar-refractivity contribution in [3.8, 4) is 0 Å². The largest absolute Gasteiger partial charge is 0.349 e. The lowest BCUT2D eigenvalue weighted by atomic mass is 10.1. The smallest absolute Gasteiger partial charge is 0.224 e. The van der Waals surface area contributed by atoms with Crippen LogP contribution < -0.4 is 10.6 Å². The number of amides is 1. The fourth-order valence-corrected chi connectivity index (χ4v) is 2.52. The van der Waals surface area contributed by atoms with Crippen molar-refractivity contribution in [2.24, 2.45) is 5.92 Å². The van der Waals surface area contributed by atoms with Crippen molar-refractivity contribution in [1.29, 1.82) is 0 Å². The number of hydrogen-bond acceptors (Lipinski definition) is 4. The molecule has 2 N–H and O–H groups in total. The summed E-state index contributed by atoms with van der Waals surface area (Å²) in [5.74, 6) is 0.782. The second kappa shape index (κ2) is 8.74. The van der Waals surface area contributed by atoms with Gasteiger partial charge in [0.1, 0.15) is 5.01 Å². The van der Waals surface area contributed by atoms with Crippen molar-refractivity contribution in [3.05, 3.63) is 16.1 Å². The Morgan fingerprint density at radius 1 is 1.53 bits per heavy atom. The Hall–Kier alpha value is -0.360. The normalized spacial score (nSPS) is 15.1. The first-order valence-corrected chi connectivity index (χ1v) is 6.95. The molecule has 4 nitrogen and oxygen atoms in total. The highest BCUT2D eigenvalue weighted by Gasteiger charge is 2.26. The number of nitrogens with one attached hydrogen (secondary N) is 2. The van der Waals surface area contributed by atoms with E-state index in [1.807, 2.05) is 14.0 Å². The highest BCUT2D eigenvalue weighted by atomic mass is 35.5. The molecule has 1 atom stereocenters. The van der Waals surface area contributed by atoms with Crippen LogP contribution in [0, 0.1) is 5.92 Å². The van der Waals surface area contributed by atoms with Gasteiger partial charge in [-0.3, -0.25) is 4.79 Å². The number of carbonyl (C=O) groups is 1. The minimum Gasteiger partial charge on any atom is -0.349 e. The molecule has 0 aliphatic heterocycles. The van der Waals surface area contributed by atoms with Crippen molar-refractivity contribution in [1.82, 2.24) is 15.6 Å². The molecule has 7 heteroatoms. The highest BCUT2D eigenvalue weighted by Crippen LogP contribution is 2.40. The van der Waals surface area contributed by atoms with Crippen LogP contribution in [0.25, 0.3) is 0 Å². The molecular formula is C12H21Cl2N3OS. The number of halogens is 2. The van der Waals surface area contributed by atoms with Gasteiger partial charge in [0.2, 0.25) is 5.91 Å². The summed E-state index contributed by atoms with van der Waals surface area (Å²) in [5.41, 5.74) is 1.21. The topological polar surface area (TPSA) is 54.0 Å². The molecule has 1 fully saturated rings. The highest BCUT2D eigenvalue weighted by molar-refractivity contribution is 7.09. The zero-order valence-electron chi connectivity index (χ0n) is 11.1. The summed E-state index contributed by atoms with van der Waals surface area (Å²) in [7, 11) is 1.85. The quantitative estimate of drug-likeness (QED) is 0.844. The second-order valence-corrected chi connectivity index (χ2v) is 5.56. The molecule has 1 aliphatic rings. The van der Waals surface area contributed by atoms with Crippen molar-refractivity contribution >= 4 is 42.1 Å². The predicted octanol–water partition coefficient (Wildman–Crippen LogP) is 2.34. The maximum absolute atomic E-state index is 11.7. The van der Waals surface area contributed by atoms with Crippen molar-refractivity contribution < 1.29 is 4.79 Å². The second-order valence-electron chi connectivity index (χ2n) is 4.62. The summed E-state index contributed by atoms with van der Waals surface area (Å²) in [5, 5.41) is 9.06. The van der Waals surface area contributed by atoms with E-state index in [0.29, 0.717) is 19.0 Å². The molecule has 19 heavy (non-hydrogen) atoms. The Bertz CT molecular complexity index is 396. The molecular weight excluding hydrogens is 305 g/mol. The predicted molar refractivity (Wildman–Crippen MR) is 83.5 cm³/mol. The van der Waals surface area contributed by atoms with Gasteiger partial charge in [-0.1, -0.05) is 6.92 Å². The summed E-state index contributed by atoms with van der Waals surface area (Å²) in [6, 6.07) is 0. The molecule has 0 radical (unpaired) electrons. The van der Waals surface area contributed by atoms with Crippen LogP contribution in [0.5, 0.6) is 0 Å². The van der Waals surface area contributed by atoms with Crippen LogP contribution in [-0.2, 0) is 11.3 Å². The molecule has 0 bridgehead atoms. The summed E-state index contributed by atoms with van der Waals surface area (Å²) in [6.45, 7) is 3.19. The molecule has 0 spiro atoms. The number of aromatic nitrogens is 1. The number of nitrogens with zero attached hydrogens (tertiary/aromatic N) is 1. The molecule has 1 saturated carbocycles. The molecule has 1 heterocycles. The van der Waals surface area contributed by atoms with Gasteiger partial charge in [-0.15, -0.1) is 36.2 Å². The summed E-state index contributed by atoms with van der Waals surface area (Å²) < 4.78 is 0.